The van der Waals surface area contributed by atoms with Crippen LogP contribution in [0.15, 0.2) is 18.2 Å². The Labute approximate surface area is 221 Å². The van der Waals surface area contributed by atoms with Gasteiger partial charge in [0.1, 0.15) is 6.04 Å². The number of anilines is 1. The van der Waals surface area contributed by atoms with E-state index in [2.05, 4.69) is 20.4 Å². The van der Waals surface area contributed by atoms with Crippen LogP contribution in [-0.2, 0) is 14.4 Å². The number of fused-ring (bicyclic) bond motifs is 1. The lowest BCUT2D eigenvalue weighted by Crippen LogP contribution is -2.86. The number of nitrogens with two attached hydrogens (primary N) is 1. The molecule has 1 aromatic carbocycles. The summed E-state index contributed by atoms with van der Waals surface area (Å²) in [6, 6.07) is 4.52. The highest BCUT2D eigenvalue weighted by molar-refractivity contribution is 6.23. The molecule has 0 aromatic heterocycles. The molecular weight excluding hydrogens is 490 g/mol. The second-order valence-corrected chi connectivity index (χ2v) is 11.2. The molecule has 0 saturated carbocycles. The topological polar surface area (TPSA) is 147 Å². The fourth-order valence-corrected chi connectivity index (χ4v) is 6.67. The second kappa shape index (κ2) is 10.8. The minimum atomic E-state index is -0.923. The molecule has 3 N–H and O–H groups in total. The van der Waals surface area contributed by atoms with Gasteiger partial charge in [-0.3, -0.25) is 29.4 Å². The van der Waals surface area contributed by atoms with Gasteiger partial charge in [-0.25, -0.2) is 0 Å². The summed E-state index contributed by atoms with van der Waals surface area (Å²) in [6.07, 6.45) is 5.42. The molecule has 1 aromatic rings. The molecule has 4 saturated heterocycles. The lowest BCUT2D eigenvalue weighted by molar-refractivity contribution is -0.664. The molecule has 1 spiro atoms. The summed E-state index contributed by atoms with van der Waals surface area (Å²) in [5, 5.41) is 12.9. The first kappa shape index (κ1) is 26.3. The summed E-state index contributed by atoms with van der Waals surface area (Å²) in [4.78, 5) is 64.1. The zero-order valence-corrected chi connectivity index (χ0v) is 21.5. The van der Waals surface area contributed by atoms with Crippen LogP contribution in [0.1, 0.15) is 59.2 Å². The number of carbonyl (C=O) groups is 5. The number of nitrogens with one attached hydrogen (secondary N) is 1. The number of likely N-dealkylation sites (tertiary alicyclic amines) is 1. The summed E-state index contributed by atoms with van der Waals surface area (Å²) in [6.45, 7) is 7.61. The van der Waals surface area contributed by atoms with E-state index in [-0.39, 0.29) is 18.7 Å². The number of rotatable bonds is 4. The molecule has 0 radical (unpaired) electrons. The quantitative estimate of drug-likeness (QED) is 0.350. The number of carbonyl (C=O) groups excluding carboxylic acids is 5. The molecule has 204 valence electrons. The van der Waals surface area contributed by atoms with Gasteiger partial charge in [-0.2, -0.15) is 0 Å². The fraction of sp³-hybridized carbons (Fsp3) is 0.593. The van der Waals surface area contributed by atoms with Gasteiger partial charge in [-0.15, -0.1) is 0 Å². The summed E-state index contributed by atoms with van der Waals surface area (Å²) in [5.41, 5.74) is 2.01. The summed E-state index contributed by atoms with van der Waals surface area (Å²) < 4.78 is 0. The molecule has 0 aliphatic carbocycles. The normalized spacial score (nSPS) is 25.4. The van der Waals surface area contributed by atoms with Crippen LogP contribution < -0.4 is 20.6 Å². The average molecular weight is 526 g/mol. The van der Waals surface area contributed by atoms with Crippen molar-refractivity contribution >= 4 is 35.8 Å². The van der Waals surface area contributed by atoms with Crippen molar-refractivity contribution in [1.82, 2.24) is 15.1 Å². The van der Waals surface area contributed by atoms with Crippen LogP contribution in [-0.4, -0.2) is 91.8 Å². The molecular formula is C27H35N5O6. The smallest absolute Gasteiger partial charge is 0.262 e. The fourth-order valence-electron chi connectivity index (χ4n) is 6.67. The minimum Gasteiger partial charge on any atom is -0.554 e. The Hall–Kier alpha value is -3.31. The first-order chi connectivity index (χ1) is 18.3. The Bertz CT molecular complexity index is 1120. The first-order valence-electron chi connectivity index (χ1n) is 13.5. The van der Waals surface area contributed by atoms with Crippen molar-refractivity contribution in [3.63, 3.8) is 0 Å². The predicted molar refractivity (Wildman–Crippen MR) is 134 cm³/mol. The molecule has 1 unspecified atom stereocenters. The summed E-state index contributed by atoms with van der Waals surface area (Å²) >= 11 is 0. The second-order valence-electron chi connectivity index (χ2n) is 11.2. The van der Waals surface area contributed by atoms with Crippen LogP contribution in [0.2, 0.25) is 0 Å². The molecule has 1 atom stereocenters. The van der Waals surface area contributed by atoms with Crippen LogP contribution in [0.5, 0.6) is 0 Å². The third-order valence-electron chi connectivity index (χ3n) is 8.83. The predicted octanol–water partition coefficient (Wildman–Crippen LogP) is -1.67. The lowest BCUT2D eigenvalue weighted by atomic mass is 9.71. The molecule has 5 aliphatic rings. The maximum absolute atomic E-state index is 13.1. The van der Waals surface area contributed by atoms with Crippen LogP contribution in [0.25, 0.3) is 0 Å². The van der Waals surface area contributed by atoms with Crippen molar-refractivity contribution in [2.75, 3.05) is 50.7 Å². The SMILES string of the molecule is O=C1CCC(N2C(=O)c3ccc(N4CC5(CCN(CC6CC[NH2+]CC6)CC5)C4)cc3C2=O)C(=O)N1.O=C[O-]. The molecule has 4 amide bonds. The number of hydrogen-bond donors (Lipinski definition) is 2. The van der Waals surface area contributed by atoms with E-state index in [0.717, 1.165) is 29.6 Å². The Morgan fingerprint density at radius 1 is 1.00 bits per heavy atom. The Kier molecular flexibility index (Phi) is 7.49. The number of quaternary nitrogens is 1. The third kappa shape index (κ3) is 5.04. The number of nitrogens with zero attached hydrogens (tertiary/aromatic N) is 3. The number of imide groups is 2. The van der Waals surface area contributed by atoms with Gasteiger partial charge >= 0.3 is 0 Å². The Balaban J connectivity index is 0.000000937. The number of hydrogen-bond acceptors (Lipinski definition) is 8. The molecule has 5 heterocycles. The standard InChI is InChI=1S/C26H33N5O4.CH2O2/c32-22-4-3-21(23(33)28-22)31-24(34)19-2-1-18(13-20(19)25(31)35)30-15-26(16-30)7-11-29(12-8-26)14-17-5-9-27-10-6-17;2-1-3/h1-2,13,17,21,27H,3-12,14-16H2,(H,28,32,33);1H,(H,2,3). The molecule has 0 bridgehead atoms. The van der Waals surface area contributed by atoms with Gasteiger partial charge < -0.3 is 25.0 Å². The van der Waals surface area contributed by atoms with E-state index < -0.39 is 30.2 Å². The van der Waals surface area contributed by atoms with Gasteiger partial charge in [-0.05, 0) is 56.5 Å². The monoisotopic (exact) mass is 525 g/mol. The highest BCUT2D eigenvalue weighted by atomic mass is 16.3. The van der Waals surface area contributed by atoms with Crippen molar-refractivity contribution in [3.8, 4) is 0 Å². The summed E-state index contributed by atoms with van der Waals surface area (Å²) in [5.74, 6) is -0.970. The number of carboxylic acid groups (broad SMARTS) is 1. The van der Waals surface area contributed by atoms with Crippen molar-refractivity contribution in [2.24, 2.45) is 11.3 Å². The zero-order valence-electron chi connectivity index (χ0n) is 21.5. The molecule has 11 nitrogen and oxygen atoms in total. The molecule has 38 heavy (non-hydrogen) atoms. The maximum Gasteiger partial charge on any atom is 0.262 e. The van der Waals surface area contributed by atoms with E-state index in [1.165, 1.54) is 58.4 Å². The number of amides is 4. The number of benzene rings is 1. The van der Waals surface area contributed by atoms with E-state index in [9.17, 15) is 19.2 Å². The van der Waals surface area contributed by atoms with Crippen molar-refractivity contribution in [2.45, 2.75) is 44.6 Å². The summed E-state index contributed by atoms with van der Waals surface area (Å²) in [7, 11) is 0. The largest absolute Gasteiger partial charge is 0.554 e. The molecule has 11 heteroatoms. The van der Waals surface area contributed by atoms with Crippen molar-refractivity contribution < 1.29 is 34.4 Å². The maximum atomic E-state index is 13.1. The lowest BCUT2D eigenvalue weighted by Gasteiger charge is -2.55. The van der Waals surface area contributed by atoms with Gasteiger partial charge in [-0.1, -0.05) is 0 Å². The van der Waals surface area contributed by atoms with Crippen LogP contribution >= 0.6 is 0 Å². The Morgan fingerprint density at radius 3 is 2.32 bits per heavy atom. The van der Waals surface area contributed by atoms with E-state index in [0.29, 0.717) is 16.5 Å². The van der Waals surface area contributed by atoms with E-state index in [1.54, 1.807) is 6.07 Å². The molecule has 5 aliphatic heterocycles. The number of piperidine rings is 3. The molecule has 6 rings (SSSR count). The Morgan fingerprint density at radius 2 is 1.66 bits per heavy atom. The van der Waals surface area contributed by atoms with Crippen molar-refractivity contribution in [3.05, 3.63) is 29.3 Å². The molecule has 4 fully saturated rings. The van der Waals surface area contributed by atoms with Gasteiger partial charge in [0.25, 0.3) is 11.8 Å². The zero-order chi connectivity index (χ0) is 26.9. The van der Waals surface area contributed by atoms with Gasteiger partial charge in [0.15, 0.2) is 0 Å². The third-order valence-corrected chi connectivity index (χ3v) is 8.83. The average Bonchev–Trinajstić information content (AvgIpc) is 3.14. The van der Waals surface area contributed by atoms with E-state index in [4.69, 9.17) is 9.90 Å². The van der Waals surface area contributed by atoms with Gasteiger partial charge in [0, 0.05) is 56.5 Å². The highest BCUT2D eigenvalue weighted by Gasteiger charge is 2.47. The van der Waals surface area contributed by atoms with Gasteiger partial charge in [0.2, 0.25) is 11.8 Å². The van der Waals surface area contributed by atoms with Crippen LogP contribution in [0.4, 0.5) is 5.69 Å². The highest BCUT2D eigenvalue weighted by Crippen LogP contribution is 2.43. The minimum absolute atomic E-state index is 0.127. The van der Waals surface area contributed by atoms with E-state index in [1.807, 2.05) is 12.1 Å². The van der Waals surface area contributed by atoms with Crippen molar-refractivity contribution in [1.29, 1.82) is 0 Å². The first-order valence-corrected chi connectivity index (χ1v) is 13.5. The van der Waals surface area contributed by atoms with Crippen LogP contribution in [0.3, 0.4) is 0 Å². The van der Waals surface area contributed by atoms with Crippen LogP contribution in [0, 0.1) is 11.3 Å². The van der Waals surface area contributed by atoms with Gasteiger partial charge in [0.05, 0.1) is 24.2 Å². The van der Waals surface area contributed by atoms with E-state index >= 15 is 0 Å².